The molecule has 1 aliphatic heterocycles. The van der Waals surface area contributed by atoms with Gasteiger partial charge in [0.25, 0.3) is 0 Å². The number of aliphatic carboxylic acids is 1. The van der Waals surface area contributed by atoms with Crippen LogP contribution in [-0.4, -0.2) is 41.1 Å². The lowest BCUT2D eigenvalue weighted by Gasteiger charge is -2.38. The van der Waals surface area contributed by atoms with Gasteiger partial charge in [-0.25, -0.2) is 4.79 Å². The van der Waals surface area contributed by atoms with Crippen molar-refractivity contribution in [2.45, 2.75) is 63.4 Å². The van der Waals surface area contributed by atoms with Crippen LogP contribution in [0.25, 0.3) is 0 Å². The van der Waals surface area contributed by atoms with Crippen LogP contribution in [0, 0.1) is 0 Å². The van der Waals surface area contributed by atoms with Crippen molar-refractivity contribution in [1.82, 2.24) is 10.2 Å². The second-order valence-electron chi connectivity index (χ2n) is 10.0. The lowest BCUT2D eigenvalue weighted by atomic mass is 9.91. The number of hydrogen-bond donors (Lipinski definition) is 2. The minimum Gasteiger partial charge on any atom is -0.493 e. The molecule has 7 heteroatoms. The predicted octanol–water partition coefficient (Wildman–Crippen LogP) is 4.89. The van der Waals surface area contributed by atoms with Crippen molar-refractivity contribution in [3.63, 3.8) is 0 Å². The second kappa shape index (κ2) is 11.7. The highest BCUT2D eigenvalue weighted by atomic mass is 16.5. The van der Waals surface area contributed by atoms with Gasteiger partial charge in [0.15, 0.2) is 11.5 Å². The van der Waals surface area contributed by atoms with Crippen LogP contribution in [0.1, 0.15) is 54.0 Å². The van der Waals surface area contributed by atoms with Gasteiger partial charge in [0.1, 0.15) is 18.7 Å². The van der Waals surface area contributed by atoms with Crippen LogP contribution in [0.15, 0.2) is 72.8 Å². The average molecular weight is 515 g/mol. The Balaban J connectivity index is 1.46. The number of benzene rings is 3. The zero-order valence-corrected chi connectivity index (χ0v) is 21.6. The maximum atomic E-state index is 14.1. The van der Waals surface area contributed by atoms with E-state index in [9.17, 15) is 14.7 Å². The van der Waals surface area contributed by atoms with Crippen LogP contribution < -0.4 is 14.8 Å². The number of carbonyl (C=O) groups is 2. The van der Waals surface area contributed by atoms with E-state index in [1.807, 2.05) is 72.8 Å². The summed E-state index contributed by atoms with van der Waals surface area (Å²) < 4.78 is 11.8. The maximum absolute atomic E-state index is 14.1. The number of ether oxygens (including phenoxy) is 2. The molecule has 5 rings (SSSR count). The van der Waals surface area contributed by atoms with Gasteiger partial charge >= 0.3 is 5.97 Å². The molecule has 3 aromatic rings. The summed E-state index contributed by atoms with van der Waals surface area (Å²) in [5, 5.41) is 13.8. The van der Waals surface area contributed by atoms with E-state index in [1.54, 1.807) is 7.11 Å². The molecule has 1 saturated carbocycles. The molecule has 0 aromatic heterocycles. The molecule has 198 valence electrons. The summed E-state index contributed by atoms with van der Waals surface area (Å²) in [6, 6.07) is 21.8. The molecule has 0 spiro atoms. The lowest BCUT2D eigenvalue weighted by molar-refractivity contribution is -0.152. The highest BCUT2D eigenvalue weighted by Crippen LogP contribution is 2.39. The summed E-state index contributed by atoms with van der Waals surface area (Å²) >= 11 is 0. The van der Waals surface area contributed by atoms with Crippen molar-refractivity contribution in [1.29, 1.82) is 0 Å². The minimum absolute atomic E-state index is 0.142. The number of nitrogens with one attached hydrogen (secondary N) is 1. The SMILES string of the molecule is COc1ccc2c(c1OCc1ccccc1)C[C@H](C(=O)O)N(C(=O)[C@@H](NC1CCCC1)c1ccccc1)C2. The third-order valence-corrected chi connectivity index (χ3v) is 7.59. The topological polar surface area (TPSA) is 88.1 Å². The van der Waals surface area contributed by atoms with Gasteiger partial charge in [-0.05, 0) is 35.6 Å². The fraction of sp³-hybridized carbons (Fsp3) is 0.355. The van der Waals surface area contributed by atoms with Crippen LogP contribution in [0.3, 0.4) is 0 Å². The van der Waals surface area contributed by atoms with E-state index >= 15 is 0 Å². The molecule has 2 N–H and O–H groups in total. The number of carboxylic acids is 1. The molecule has 7 nitrogen and oxygen atoms in total. The van der Waals surface area contributed by atoms with Crippen molar-refractivity contribution in [3.05, 3.63) is 95.1 Å². The third kappa shape index (κ3) is 5.53. The molecule has 3 aromatic carbocycles. The van der Waals surface area contributed by atoms with Crippen LogP contribution in [0.4, 0.5) is 0 Å². The summed E-state index contributed by atoms with van der Waals surface area (Å²) in [5.41, 5.74) is 3.49. The van der Waals surface area contributed by atoms with Gasteiger partial charge in [0.2, 0.25) is 5.91 Å². The normalized spacial score (nSPS) is 18.0. The van der Waals surface area contributed by atoms with E-state index < -0.39 is 18.1 Å². The van der Waals surface area contributed by atoms with Crippen molar-refractivity contribution >= 4 is 11.9 Å². The Hall–Kier alpha value is -3.84. The highest BCUT2D eigenvalue weighted by Gasteiger charge is 2.40. The van der Waals surface area contributed by atoms with Gasteiger partial charge in [-0.2, -0.15) is 0 Å². The van der Waals surface area contributed by atoms with E-state index in [0.717, 1.165) is 47.9 Å². The molecule has 2 atom stereocenters. The molecule has 0 bridgehead atoms. The molecule has 0 unspecified atom stereocenters. The monoisotopic (exact) mass is 514 g/mol. The Morgan fingerprint density at radius 2 is 1.68 bits per heavy atom. The maximum Gasteiger partial charge on any atom is 0.326 e. The Bertz CT molecular complexity index is 1260. The van der Waals surface area contributed by atoms with Crippen molar-refractivity contribution < 1.29 is 24.2 Å². The van der Waals surface area contributed by atoms with E-state index in [4.69, 9.17) is 9.47 Å². The molecular formula is C31H34N2O5. The number of carbonyl (C=O) groups excluding carboxylic acids is 1. The molecule has 1 amide bonds. The van der Waals surface area contributed by atoms with Crippen molar-refractivity contribution in [2.75, 3.05) is 7.11 Å². The van der Waals surface area contributed by atoms with E-state index in [2.05, 4.69) is 5.32 Å². The first kappa shape index (κ1) is 25.8. The number of amides is 1. The van der Waals surface area contributed by atoms with Crippen LogP contribution >= 0.6 is 0 Å². The summed E-state index contributed by atoms with van der Waals surface area (Å²) in [6.45, 7) is 0.516. The molecular weight excluding hydrogens is 480 g/mol. The Morgan fingerprint density at radius 3 is 2.34 bits per heavy atom. The molecule has 0 saturated heterocycles. The molecule has 1 aliphatic carbocycles. The average Bonchev–Trinajstić information content (AvgIpc) is 3.48. The Kier molecular flexibility index (Phi) is 7.94. The first-order chi connectivity index (χ1) is 18.5. The number of rotatable bonds is 9. The summed E-state index contributed by atoms with van der Waals surface area (Å²) in [4.78, 5) is 28.1. The van der Waals surface area contributed by atoms with E-state index in [0.29, 0.717) is 18.1 Å². The molecule has 1 fully saturated rings. The number of carboxylic acid groups (broad SMARTS) is 1. The lowest BCUT2D eigenvalue weighted by Crippen LogP contribution is -2.53. The first-order valence-electron chi connectivity index (χ1n) is 13.2. The smallest absolute Gasteiger partial charge is 0.326 e. The highest BCUT2D eigenvalue weighted by molar-refractivity contribution is 5.89. The number of nitrogens with zero attached hydrogens (tertiary/aromatic N) is 1. The fourth-order valence-corrected chi connectivity index (χ4v) is 5.57. The Morgan fingerprint density at radius 1 is 1.00 bits per heavy atom. The van der Waals surface area contributed by atoms with Gasteiger partial charge in [-0.1, -0.05) is 79.6 Å². The summed E-state index contributed by atoms with van der Waals surface area (Å²) in [5.74, 6) is -0.165. The summed E-state index contributed by atoms with van der Waals surface area (Å²) in [7, 11) is 1.57. The minimum atomic E-state index is -1.03. The number of fused-ring (bicyclic) bond motifs is 1. The van der Waals surface area contributed by atoms with Gasteiger partial charge < -0.3 is 19.5 Å². The standard InChI is InChI=1S/C31H34N2O5/c1-37-27-17-16-23-19-33(30(34)28(22-12-6-3-7-13-22)32-24-14-8-9-15-24)26(31(35)36)18-25(23)29(27)38-20-21-10-4-2-5-11-21/h2-7,10-13,16-17,24,26,28,32H,8-9,14-15,18-20H2,1H3,(H,35,36)/t26-,28+/m1/s1. The van der Waals surface area contributed by atoms with E-state index in [-0.39, 0.29) is 24.9 Å². The fourth-order valence-electron chi connectivity index (χ4n) is 5.57. The van der Waals surface area contributed by atoms with Gasteiger partial charge in [-0.3, -0.25) is 10.1 Å². The Labute approximate surface area is 223 Å². The predicted molar refractivity (Wildman–Crippen MR) is 144 cm³/mol. The second-order valence-corrected chi connectivity index (χ2v) is 10.0. The first-order valence-corrected chi connectivity index (χ1v) is 13.2. The molecule has 38 heavy (non-hydrogen) atoms. The molecule has 1 heterocycles. The van der Waals surface area contributed by atoms with Gasteiger partial charge in [0, 0.05) is 24.6 Å². The summed E-state index contributed by atoms with van der Waals surface area (Å²) in [6.07, 6.45) is 4.45. The van der Waals surface area contributed by atoms with Crippen LogP contribution in [-0.2, 0) is 29.2 Å². The molecule has 0 radical (unpaired) electrons. The zero-order chi connectivity index (χ0) is 26.5. The van der Waals surface area contributed by atoms with E-state index in [1.165, 1.54) is 4.90 Å². The van der Waals surface area contributed by atoms with Gasteiger partial charge in [-0.15, -0.1) is 0 Å². The number of methoxy groups -OCH3 is 1. The number of hydrogen-bond acceptors (Lipinski definition) is 5. The van der Waals surface area contributed by atoms with Crippen molar-refractivity contribution in [3.8, 4) is 11.5 Å². The van der Waals surface area contributed by atoms with Crippen molar-refractivity contribution in [2.24, 2.45) is 0 Å². The van der Waals surface area contributed by atoms with Crippen LogP contribution in [0.2, 0.25) is 0 Å². The largest absolute Gasteiger partial charge is 0.493 e. The third-order valence-electron chi connectivity index (χ3n) is 7.59. The zero-order valence-electron chi connectivity index (χ0n) is 21.6. The quantitative estimate of drug-likeness (QED) is 0.423. The molecule has 2 aliphatic rings. The van der Waals surface area contributed by atoms with Crippen LogP contribution in [0.5, 0.6) is 11.5 Å². The van der Waals surface area contributed by atoms with Gasteiger partial charge in [0.05, 0.1) is 7.11 Å².